The highest BCUT2D eigenvalue weighted by atomic mass is 35.5. The molecular weight excluding hydrogens is 284 g/mol. The zero-order chi connectivity index (χ0) is 15.3. The first-order valence-corrected chi connectivity index (χ1v) is 6.37. The van der Waals surface area contributed by atoms with Crippen molar-refractivity contribution in [3.63, 3.8) is 0 Å². The number of urea groups is 1. The molecule has 7 heteroatoms. The maximum atomic E-state index is 11.9. The SMILES string of the molecule is CC(O)CN(C)C(=O)N[C@@H](C(=O)O)c1ccccc1Cl. The standard InChI is InChI=1S/C13H17ClN2O4/c1-8(17)7-16(2)13(20)15-11(12(18)19)9-5-3-4-6-10(9)14/h3-6,8,11,17H,7H2,1-2H3,(H,15,20)(H,18,19)/t8?,11-/m1/s1. The molecular formula is C13H17ClN2O4. The monoisotopic (exact) mass is 300 g/mol. The normalized spacial score (nSPS) is 13.4. The second kappa shape index (κ2) is 7.12. The van der Waals surface area contributed by atoms with Gasteiger partial charge in [-0.25, -0.2) is 9.59 Å². The summed E-state index contributed by atoms with van der Waals surface area (Å²) in [5.74, 6) is -1.21. The van der Waals surface area contributed by atoms with Crippen LogP contribution in [0.1, 0.15) is 18.5 Å². The summed E-state index contributed by atoms with van der Waals surface area (Å²) in [4.78, 5) is 24.4. The predicted molar refractivity (Wildman–Crippen MR) is 74.7 cm³/mol. The van der Waals surface area contributed by atoms with Gasteiger partial charge in [-0.1, -0.05) is 29.8 Å². The molecule has 1 aromatic rings. The van der Waals surface area contributed by atoms with Crippen LogP contribution in [0.2, 0.25) is 5.02 Å². The van der Waals surface area contributed by atoms with E-state index >= 15 is 0 Å². The molecule has 1 rings (SSSR count). The Morgan fingerprint density at radius 3 is 2.50 bits per heavy atom. The molecule has 0 aliphatic carbocycles. The Kier molecular flexibility index (Phi) is 5.79. The van der Waals surface area contributed by atoms with Crippen molar-refractivity contribution >= 4 is 23.6 Å². The molecule has 0 fully saturated rings. The van der Waals surface area contributed by atoms with Crippen LogP contribution < -0.4 is 5.32 Å². The number of halogens is 1. The Balaban J connectivity index is 2.87. The van der Waals surface area contributed by atoms with Crippen LogP contribution in [0.25, 0.3) is 0 Å². The minimum absolute atomic E-state index is 0.0979. The summed E-state index contributed by atoms with van der Waals surface area (Å²) in [6.45, 7) is 1.63. The summed E-state index contributed by atoms with van der Waals surface area (Å²) >= 11 is 5.94. The first-order valence-electron chi connectivity index (χ1n) is 6.00. The first kappa shape index (κ1) is 16.3. The number of carbonyl (C=O) groups excluding carboxylic acids is 1. The largest absolute Gasteiger partial charge is 0.479 e. The van der Waals surface area contributed by atoms with Crippen LogP contribution in [0.4, 0.5) is 4.79 Å². The van der Waals surface area contributed by atoms with Crippen molar-refractivity contribution in [3.05, 3.63) is 34.9 Å². The molecule has 1 aromatic carbocycles. The van der Waals surface area contributed by atoms with Crippen molar-refractivity contribution in [2.24, 2.45) is 0 Å². The van der Waals surface area contributed by atoms with Gasteiger partial charge in [-0.15, -0.1) is 0 Å². The fraction of sp³-hybridized carbons (Fsp3) is 0.385. The van der Waals surface area contributed by atoms with Gasteiger partial charge in [-0.05, 0) is 13.0 Å². The number of benzene rings is 1. The molecule has 1 unspecified atom stereocenters. The van der Waals surface area contributed by atoms with E-state index in [4.69, 9.17) is 11.6 Å². The van der Waals surface area contributed by atoms with Crippen molar-refractivity contribution in [2.75, 3.05) is 13.6 Å². The molecule has 0 bridgehead atoms. The number of aliphatic carboxylic acids is 1. The molecule has 0 aliphatic heterocycles. The van der Waals surface area contributed by atoms with Gasteiger partial charge in [-0.2, -0.15) is 0 Å². The summed E-state index contributed by atoms with van der Waals surface area (Å²) in [5, 5.41) is 21.1. The van der Waals surface area contributed by atoms with Crippen LogP contribution in [0, 0.1) is 0 Å². The van der Waals surface area contributed by atoms with E-state index in [1.165, 1.54) is 24.9 Å². The average Bonchev–Trinajstić information content (AvgIpc) is 2.35. The number of carbonyl (C=O) groups is 2. The highest BCUT2D eigenvalue weighted by Gasteiger charge is 2.25. The third kappa shape index (κ3) is 4.40. The van der Waals surface area contributed by atoms with E-state index < -0.39 is 24.1 Å². The smallest absolute Gasteiger partial charge is 0.331 e. The van der Waals surface area contributed by atoms with Crippen molar-refractivity contribution < 1.29 is 19.8 Å². The molecule has 0 aliphatic rings. The lowest BCUT2D eigenvalue weighted by molar-refractivity contribution is -0.139. The number of hydrogen-bond acceptors (Lipinski definition) is 3. The fourth-order valence-corrected chi connectivity index (χ4v) is 1.94. The van der Waals surface area contributed by atoms with Gasteiger partial charge < -0.3 is 20.4 Å². The minimum Gasteiger partial charge on any atom is -0.479 e. The van der Waals surface area contributed by atoms with Crippen LogP contribution in [0.15, 0.2) is 24.3 Å². The number of rotatable bonds is 5. The van der Waals surface area contributed by atoms with Crippen molar-refractivity contribution in [2.45, 2.75) is 19.1 Å². The fourth-order valence-electron chi connectivity index (χ4n) is 1.69. The number of aliphatic hydroxyl groups excluding tert-OH is 1. The average molecular weight is 301 g/mol. The number of carboxylic acids is 1. The summed E-state index contributed by atoms with van der Waals surface area (Å²) in [5.41, 5.74) is 0.306. The molecule has 0 radical (unpaired) electrons. The van der Waals surface area contributed by atoms with Crippen LogP contribution in [0.5, 0.6) is 0 Å². The second-order valence-corrected chi connectivity index (χ2v) is 4.88. The van der Waals surface area contributed by atoms with E-state index in [0.29, 0.717) is 5.56 Å². The van der Waals surface area contributed by atoms with Crippen molar-refractivity contribution in [1.82, 2.24) is 10.2 Å². The number of aliphatic hydroxyl groups is 1. The van der Waals surface area contributed by atoms with Gasteiger partial charge in [0.15, 0.2) is 6.04 Å². The number of amides is 2. The van der Waals surface area contributed by atoms with E-state index in [1.54, 1.807) is 18.2 Å². The molecule has 0 spiro atoms. The van der Waals surface area contributed by atoms with Crippen molar-refractivity contribution in [1.29, 1.82) is 0 Å². The van der Waals surface area contributed by atoms with Gasteiger partial charge in [0.05, 0.1) is 6.10 Å². The second-order valence-electron chi connectivity index (χ2n) is 4.47. The number of likely N-dealkylation sites (N-methyl/N-ethyl adjacent to an activating group) is 1. The summed E-state index contributed by atoms with van der Waals surface area (Å²) < 4.78 is 0. The van der Waals surface area contributed by atoms with Crippen LogP contribution in [-0.2, 0) is 4.79 Å². The van der Waals surface area contributed by atoms with Gasteiger partial charge in [-0.3, -0.25) is 0 Å². The maximum Gasteiger partial charge on any atom is 0.331 e. The molecule has 0 saturated carbocycles. The van der Waals surface area contributed by atoms with E-state index in [1.807, 2.05) is 0 Å². The maximum absolute atomic E-state index is 11.9. The molecule has 0 heterocycles. The van der Waals surface area contributed by atoms with Gasteiger partial charge >= 0.3 is 12.0 Å². The lowest BCUT2D eigenvalue weighted by atomic mass is 10.1. The van der Waals surface area contributed by atoms with E-state index in [2.05, 4.69) is 5.32 Å². The number of hydrogen-bond donors (Lipinski definition) is 3. The Labute approximate surface area is 122 Å². The molecule has 0 aromatic heterocycles. The lowest BCUT2D eigenvalue weighted by Gasteiger charge is -2.23. The topological polar surface area (TPSA) is 89.9 Å². The predicted octanol–water partition coefficient (Wildman–Crippen LogP) is 1.49. The molecule has 0 saturated heterocycles. The first-order chi connectivity index (χ1) is 9.32. The summed E-state index contributed by atoms with van der Waals surface area (Å²) in [7, 11) is 1.47. The molecule has 20 heavy (non-hydrogen) atoms. The van der Waals surface area contributed by atoms with Gasteiger partial charge in [0.25, 0.3) is 0 Å². The van der Waals surface area contributed by atoms with Gasteiger partial charge in [0, 0.05) is 24.2 Å². The minimum atomic E-state index is -1.24. The van der Waals surface area contributed by atoms with Gasteiger partial charge in [0.1, 0.15) is 0 Å². The van der Waals surface area contributed by atoms with E-state index in [0.717, 1.165) is 0 Å². The highest BCUT2D eigenvalue weighted by molar-refractivity contribution is 6.31. The lowest BCUT2D eigenvalue weighted by Crippen LogP contribution is -2.44. The number of nitrogens with zero attached hydrogens (tertiary/aromatic N) is 1. The zero-order valence-corrected chi connectivity index (χ0v) is 12.0. The molecule has 110 valence electrons. The molecule has 2 amide bonds. The molecule has 3 N–H and O–H groups in total. The Hall–Kier alpha value is -1.79. The Morgan fingerprint density at radius 1 is 1.40 bits per heavy atom. The number of nitrogens with one attached hydrogen (secondary N) is 1. The molecule has 2 atom stereocenters. The van der Waals surface area contributed by atoms with Gasteiger partial charge in [0.2, 0.25) is 0 Å². The zero-order valence-electron chi connectivity index (χ0n) is 11.2. The summed E-state index contributed by atoms with van der Waals surface area (Å²) in [6, 6.07) is 4.56. The van der Waals surface area contributed by atoms with E-state index in [9.17, 15) is 19.8 Å². The Bertz CT molecular complexity index is 493. The summed E-state index contributed by atoms with van der Waals surface area (Å²) in [6.07, 6.45) is -0.700. The Morgan fingerprint density at radius 2 is 2.00 bits per heavy atom. The highest BCUT2D eigenvalue weighted by Crippen LogP contribution is 2.23. The quantitative estimate of drug-likeness (QED) is 0.768. The number of carboxylic acid groups (broad SMARTS) is 1. The molecule has 6 nitrogen and oxygen atoms in total. The van der Waals surface area contributed by atoms with Crippen LogP contribution in [-0.4, -0.2) is 46.8 Å². The van der Waals surface area contributed by atoms with Crippen molar-refractivity contribution in [3.8, 4) is 0 Å². The third-order valence-corrected chi connectivity index (χ3v) is 2.96. The van der Waals surface area contributed by atoms with Crippen LogP contribution in [0.3, 0.4) is 0 Å². The van der Waals surface area contributed by atoms with Crippen LogP contribution >= 0.6 is 11.6 Å². The van der Waals surface area contributed by atoms with E-state index in [-0.39, 0.29) is 11.6 Å². The third-order valence-electron chi connectivity index (χ3n) is 2.62.